The van der Waals surface area contributed by atoms with Gasteiger partial charge in [-0.25, -0.2) is 0 Å². The van der Waals surface area contributed by atoms with Crippen molar-refractivity contribution in [1.82, 2.24) is 0 Å². The van der Waals surface area contributed by atoms with Gasteiger partial charge in [0.15, 0.2) is 0 Å². The van der Waals surface area contributed by atoms with Gasteiger partial charge in [0, 0.05) is 54.2 Å². The molecule has 0 unspecified atom stereocenters. The van der Waals surface area contributed by atoms with Gasteiger partial charge in [0.1, 0.15) is 0 Å². The molecule has 2 nitrogen and oxygen atoms in total. The van der Waals surface area contributed by atoms with Crippen molar-refractivity contribution in [2.45, 2.75) is 33.6 Å². The quantitative estimate of drug-likeness (QED) is 0.192. The zero-order chi connectivity index (χ0) is 25.8. The van der Waals surface area contributed by atoms with Crippen molar-refractivity contribution in [3.05, 3.63) is 120 Å². The van der Waals surface area contributed by atoms with E-state index in [-0.39, 0.29) is 5.92 Å². The molecule has 0 heterocycles. The highest BCUT2D eigenvalue weighted by molar-refractivity contribution is 6.00. The molecular formula is C35H38N2. The van der Waals surface area contributed by atoms with Gasteiger partial charge in [-0.2, -0.15) is 0 Å². The first-order chi connectivity index (χ1) is 18.2. The van der Waals surface area contributed by atoms with Crippen LogP contribution in [0.5, 0.6) is 0 Å². The van der Waals surface area contributed by atoms with E-state index in [1.165, 1.54) is 49.6 Å². The largest absolute Gasteiger partial charge is 0.372 e. The minimum atomic E-state index is 0.132. The van der Waals surface area contributed by atoms with E-state index in [1.54, 1.807) is 0 Å². The molecule has 0 saturated carbocycles. The van der Waals surface area contributed by atoms with Gasteiger partial charge in [-0.3, -0.25) is 0 Å². The molecule has 5 aromatic carbocycles. The zero-order valence-corrected chi connectivity index (χ0v) is 22.6. The monoisotopic (exact) mass is 486 g/mol. The van der Waals surface area contributed by atoms with Gasteiger partial charge in [0.05, 0.1) is 0 Å². The van der Waals surface area contributed by atoms with Crippen molar-refractivity contribution in [2.75, 3.05) is 36.0 Å². The predicted molar refractivity (Wildman–Crippen MR) is 162 cm³/mol. The van der Waals surface area contributed by atoms with Crippen LogP contribution in [0.4, 0.5) is 11.4 Å². The van der Waals surface area contributed by atoms with Crippen LogP contribution in [0.25, 0.3) is 21.5 Å². The molecule has 0 saturated heterocycles. The van der Waals surface area contributed by atoms with Gasteiger partial charge < -0.3 is 9.80 Å². The van der Waals surface area contributed by atoms with Crippen LogP contribution in [0, 0.1) is 0 Å². The van der Waals surface area contributed by atoms with Gasteiger partial charge in [-0.05, 0) is 67.3 Å². The number of hydrogen-bond donors (Lipinski definition) is 0. The van der Waals surface area contributed by atoms with Crippen molar-refractivity contribution in [3.63, 3.8) is 0 Å². The van der Waals surface area contributed by atoms with Crippen molar-refractivity contribution >= 4 is 32.9 Å². The molecule has 5 aromatic rings. The Morgan fingerprint density at radius 3 is 1.22 bits per heavy atom. The second-order valence-corrected chi connectivity index (χ2v) is 9.63. The summed E-state index contributed by atoms with van der Waals surface area (Å²) in [4.78, 5) is 4.91. The predicted octanol–water partition coefficient (Wildman–Crippen LogP) is 8.87. The third-order valence-electron chi connectivity index (χ3n) is 7.83. The highest BCUT2D eigenvalue weighted by atomic mass is 15.1. The fourth-order valence-corrected chi connectivity index (χ4v) is 5.97. The molecule has 0 atom stereocenters. The van der Waals surface area contributed by atoms with Crippen molar-refractivity contribution in [2.24, 2.45) is 0 Å². The maximum Gasteiger partial charge on any atom is 0.0445 e. The molecule has 0 N–H and O–H groups in total. The maximum absolute atomic E-state index is 2.46. The first kappa shape index (κ1) is 24.9. The van der Waals surface area contributed by atoms with E-state index in [2.05, 4.69) is 141 Å². The molecule has 0 aliphatic heterocycles. The summed E-state index contributed by atoms with van der Waals surface area (Å²) in [5.41, 5.74) is 6.68. The molecule has 188 valence electrons. The molecule has 0 aromatic heterocycles. The second kappa shape index (κ2) is 11.1. The number of anilines is 2. The summed E-state index contributed by atoms with van der Waals surface area (Å²) in [7, 11) is 0. The number of hydrogen-bond acceptors (Lipinski definition) is 2. The van der Waals surface area contributed by atoms with Gasteiger partial charge in [0.25, 0.3) is 0 Å². The van der Waals surface area contributed by atoms with Crippen LogP contribution in [0.3, 0.4) is 0 Å². The van der Waals surface area contributed by atoms with Crippen molar-refractivity contribution in [3.8, 4) is 0 Å². The Hall–Kier alpha value is -3.78. The van der Waals surface area contributed by atoms with Crippen LogP contribution in [-0.2, 0) is 0 Å². The molecule has 5 rings (SSSR count). The van der Waals surface area contributed by atoms with Gasteiger partial charge >= 0.3 is 0 Å². The van der Waals surface area contributed by atoms with E-state index in [9.17, 15) is 0 Å². The molecule has 0 spiro atoms. The Morgan fingerprint density at radius 1 is 0.432 bits per heavy atom. The maximum atomic E-state index is 2.46. The first-order valence-electron chi connectivity index (χ1n) is 13.8. The zero-order valence-electron chi connectivity index (χ0n) is 22.6. The molecule has 0 fully saturated rings. The van der Waals surface area contributed by atoms with E-state index in [4.69, 9.17) is 0 Å². The Morgan fingerprint density at radius 2 is 0.811 bits per heavy atom. The number of fused-ring (bicyclic) bond motifs is 2. The highest BCUT2D eigenvalue weighted by Crippen LogP contribution is 2.43. The van der Waals surface area contributed by atoms with E-state index in [1.807, 2.05) is 0 Å². The molecule has 0 aliphatic rings. The Labute approximate surface area is 222 Å². The summed E-state index contributed by atoms with van der Waals surface area (Å²) in [5, 5.41) is 5.32. The lowest BCUT2D eigenvalue weighted by Crippen LogP contribution is -2.22. The standard InChI is InChI=1S/C35H38N2/c1-5-36(6-2)33-24-22-31(27-18-12-14-20-29(27)33)35(26-16-10-9-11-17-26)32-23-25-34(37(7-3)8-4)30-21-15-13-19-28(30)32/h9-25,35H,5-8H2,1-4H3. The minimum absolute atomic E-state index is 0.132. The fraction of sp³-hybridized carbons (Fsp3) is 0.257. The normalized spacial score (nSPS) is 11.4. The average Bonchev–Trinajstić information content (AvgIpc) is 2.96. The Kier molecular flexibility index (Phi) is 7.46. The molecule has 37 heavy (non-hydrogen) atoms. The summed E-state index contributed by atoms with van der Waals surface area (Å²) in [6.45, 7) is 13.0. The fourth-order valence-electron chi connectivity index (χ4n) is 5.97. The molecule has 2 heteroatoms. The van der Waals surface area contributed by atoms with Crippen LogP contribution >= 0.6 is 0 Å². The van der Waals surface area contributed by atoms with E-state index < -0.39 is 0 Å². The second-order valence-electron chi connectivity index (χ2n) is 9.63. The van der Waals surface area contributed by atoms with Crippen LogP contribution in [-0.4, -0.2) is 26.2 Å². The van der Waals surface area contributed by atoms with Crippen LogP contribution in [0.2, 0.25) is 0 Å². The van der Waals surface area contributed by atoms with Crippen molar-refractivity contribution < 1.29 is 0 Å². The molecule has 0 bridgehead atoms. The van der Waals surface area contributed by atoms with Crippen molar-refractivity contribution in [1.29, 1.82) is 0 Å². The van der Waals surface area contributed by atoms with Crippen LogP contribution < -0.4 is 9.80 Å². The van der Waals surface area contributed by atoms with E-state index in [0.717, 1.165) is 26.2 Å². The number of benzene rings is 5. The minimum Gasteiger partial charge on any atom is -0.372 e. The smallest absolute Gasteiger partial charge is 0.0445 e. The summed E-state index contributed by atoms with van der Waals surface area (Å²) in [6, 6.07) is 38.3. The summed E-state index contributed by atoms with van der Waals surface area (Å²) in [5.74, 6) is 0.132. The average molecular weight is 487 g/mol. The lowest BCUT2D eigenvalue weighted by atomic mass is 9.80. The summed E-state index contributed by atoms with van der Waals surface area (Å²) >= 11 is 0. The first-order valence-corrected chi connectivity index (χ1v) is 13.8. The molecule has 0 amide bonds. The molecular weight excluding hydrogens is 448 g/mol. The lowest BCUT2D eigenvalue weighted by molar-refractivity contribution is 0.869. The Bertz CT molecular complexity index is 1380. The van der Waals surface area contributed by atoms with Crippen LogP contribution in [0.1, 0.15) is 50.3 Å². The lowest BCUT2D eigenvalue weighted by Gasteiger charge is -2.28. The van der Waals surface area contributed by atoms with Gasteiger partial charge in [-0.1, -0.05) is 91.0 Å². The van der Waals surface area contributed by atoms with E-state index in [0.29, 0.717) is 0 Å². The summed E-state index contributed by atoms with van der Waals surface area (Å²) in [6.07, 6.45) is 0. The highest BCUT2D eigenvalue weighted by Gasteiger charge is 2.23. The molecule has 0 aliphatic carbocycles. The van der Waals surface area contributed by atoms with Crippen LogP contribution in [0.15, 0.2) is 103 Å². The number of rotatable bonds is 9. The third kappa shape index (κ3) is 4.57. The third-order valence-corrected chi connectivity index (χ3v) is 7.83. The Balaban J connectivity index is 1.80. The SMILES string of the molecule is CCN(CC)c1ccc(C(c2ccccc2)c2ccc(N(CC)CC)c3ccccc23)c2ccccc12. The molecule has 0 radical (unpaired) electrons. The summed E-state index contributed by atoms with van der Waals surface area (Å²) < 4.78 is 0. The van der Waals surface area contributed by atoms with E-state index >= 15 is 0 Å². The topological polar surface area (TPSA) is 6.48 Å². The van der Waals surface area contributed by atoms with Gasteiger partial charge in [-0.15, -0.1) is 0 Å². The number of nitrogens with zero attached hydrogens (tertiary/aromatic N) is 2. The van der Waals surface area contributed by atoms with Gasteiger partial charge in [0.2, 0.25) is 0 Å².